The molecule has 0 amide bonds. The summed E-state index contributed by atoms with van der Waals surface area (Å²) in [5, 5.41) is 18.2. The maximum Gasteiger partial charge on any atom is 0.185 e. The van der Waals surface area contributed by atoms with E-state index in [1.807, 2.05) is 76.1 Å². The largest absolute Gasteiger partial charge is 0.289 e. The third-order valence-electron chi connectivity index (χ3n) is 4.88. The molecule has 1 unspecified atom stereocenters. The Morgan fingerprint density at radius 3 is 1.89 bits per heavy atom. The molecule has 1 fully saturated rings. The van der Waals surface area contributed by atoms with Crippen molar-refractivity contribution in [2.24, 2.45) is 0 Å². The lowest BCUT2D eigenvalue weighted by Gasteiger charge is -2.33. The lowest BCUT2D eigenvalue weighted by atomic mass is 9.66. The fourth-order valence-electron chi connectivity index (χ4n) is 3.53. The molecule has 3 aromatic rings. The van der Waals surface area contributed by atoms with Gasteiger partial charge in [0.1, 0.15) is 0 Å². The Kier molecular flexibility index (Phi) is 4.89. The van der Waals surface area contributed by atoms with Crippen LogP contribution in [0.15, 0.2) is 75.1 Å². The van der Waals surface area contributed by atoms with E-state index in [1.165, 1.54) is 0 Å². The summed E-state index contributed by atoms with van der Waals surface area (Å²) in [5.74, 6) is 0.0502. The molecule has 2 nitrogen and oxygen atoms in total. The highest BCUT2D eigenvalue weighted by molar-refractivity contribution is 7.08. The summed E-state index contributed by atoms with van der Waals surface area (Å²) in [4.78, 5) is 13.2. The molecular weight excluding hydrogens is 370 g/mol. The molecule has 1 saturated carbocycles. The Labute approximate surface area is 166 Å². The van der Waals surface area contributed by atoms with Gasteiger partial charge < -0.3 is 0 Å². The number of carbonyl (C=O) groups is 1. The van der Waals surface area contributed by atoms with Crippen LogP contribution in [0.3, 0.4) is 0 Å². The molecule has 4 heteroatoms. The molecule has 2 heterocycles. The second kappa shape index (κ2) is 7.48. The number of allylic oxidation sites excluding steroid dienone is 2. The van der Waals surface area contributed by atoms with Crippen molar-refractivity contribution in [2.75, 3.05) is 0 Å². The summed E-state index contributed by atoms with van der Waals surface area (Å²) < 4.78 is 0. The SMILES string of the molecule is N#CC1(c2ccccc2)C/C(=C/c2ccsc2)C(=O)/C(=C/c2ccsc2)C1. The van der Waals surface area contributed by atoms with Crippen molar-refractivity contribution < 1.29 is 4.79 Å². The van der Waals surface area contributed by atoms with E-state index in [2.05, 4.69) is 6.07 Å². The van der Waals surface area contributed by atoms with Gasteiger partial charge in [-0.3, -0.25) is 4.79 Å². The van der Waals surface area contributed by atoms with Gasteiger partial charge in [-0.15, -0.1) is 0 Å². The minimum absolute atomic E-state index is 0.0502. The van der Waals surface area contributed by atoms with Crippen molar-refractivity contribution in [3.05, 3.63) is 91.8 Å². The van der Waals surface area contributed by atoms with E-state index in [4.69, 9.17) is 0 Å². The number of hydrogen-bond acceptors (Lipinski definition) is 4. The number of ketones is 1. The van der Waals surface area contributed by atoms with Crippen LogP contribution in [0.25, 0.3) is 12.2 Å². The van der Waals surface area contributed by atoms with Crippen LogP contribution in [0.4, 0.5) is 0 Å². The Bertz CT molecular complexity index is 980. The normalized spacial score (nSPS) is 22.9. The molecule has 0 radical (unpaired) electrons. The zero-order valence-electron chi connectivity index (χ0n) is 14.6. The second-order valence-electron chi connectivity index (χ2n) is 6.70. The van der Waals surface area contributed by atoms with E-state index < -0.39 is 5.41 Å². The summed E-state index contributed by atoms with van der Waals surface area (Å²) in [6.45, 7) is 0. The van der Waals surface area contributed by atoms with Crippen LogP contribution < -0.4 is 0 Å². The van der Waals surface area contributed by atoms with Crippen LogP contribution in [0.1, 0.15) is 29.5 Å². The fourth-order valence-corrected chi connectivity index (χ4v) is 4.77. The molecule has 27 heavy (non-hydrogen) atoms. The first-order valence-electron chi connectivity index (χ1n) is 8.67. The average Bonchev–Trinajstić information content (AvgIpc) is 3.40. The third kappa shape index (κ3) is 3.57. The van der Waals surface area contributed by atoms with Crippen LogP contribution in [-0.2, 0) is 10.2 Å². The first-order chi connectivity index (χ1) is 13.2. The van der Waals surface area contributed by atoms with Crippen LogP contribution in [0, 0.1) is 11.3 Å². The number of thiophene rings is 2. The van der Waals surface area contributed by atoms with E-state index in [-0.39, 0.29) is 5.78 Å². The lowest BCUT2D eigenvalue weighted by molar-refractivity contribution is -0.113. The van der Waals surface area contributed by atoms with Crippen molar-refractivity contribution >= 4 is 40.6 Å². The van der Waals surface area contributed by atoms with E-state index in [0.717, 1.165) is 16.7 Å². The Morgan fingerprint density at radius 1 is 0.889 bits per heavy atom. The molecule has 0 bridgehead atoms. The number of nitriles is 1. The van der Waals surface area contributed by atoms with Crippen LogP contribution in [-0.4, -0.2) is 5.78 Å². The summed E-state index contributed by atoms with van der Waals surface area (Å²) in [5.41, 5.74) is 3.67. The number of hydrogen-bond donors (Lipinski definition) is 0. The van der Waals surface area contributed by atoms with Crippen molar-refractivity contribution in [3.8, 4) is 6.07 Å². The number of carbonyl (C=O) groups excluding carboxylic acids is 1. The summed E-state index contributed by atoms with van der Waals surface area (Å²) in [7, 11) is 0. The van der Waals surface area contributed by atoms with Gasteiger partial charge in [-0.05, 0) is 75.3 Å². The van der Waals surface area contributed by atoms with Crippen LogP contribution in [0.2, 0.25) is 0 Å². The Hall–Kier alpha value is -2.74. The predicted octanol–water partition coefficient (Wildman–Crippen LogP) is 6.10. The molecular formula is C23H17NOS2. The molecule has 4 rings (SSSR count). The van der Waals surface area contributed by atoms with Gasteiger partial charge in [0, 0.05) is 11.1 Å². The van der Waals surface area contributed by atoms with E-state index in [1.54, 1.807) is 22.7 Å². The first-order valence-corrected chi connectivity index (χ1v) is 10.6. The van der Waals surface area contributed by atoms with Crippen molar-refractivity contribution in [1.29, 1.82) is 5.26 Å². The second-order valence-corrected chi connectivity index (χ2v) is 8.26. The van der Waals surface area contributed by atoms with Gasteiger partial charge in [-0.1, -0.05) is 30.3 Å². The molecule has 132 valence electrons. The highest BCUT2D eigenvalue weighted by Crippen LogP contribution is 2.43. The molecule has 1 atom stereocenters. The molecule has 0 N–H and O–H groups in total. The molecule has 1 aromatic carbocycles. The van der Waals surface area contributed by atoms with Gasteiger partial charge in [0.25, 0.3) is 0 Å². The van der Waals surface area contributed by atoms with Crippen LogP contribution >= 0.6 is 22.7 Å². The highest BCUT2D eigenvalue weighted by atomic mass is 32.1. The molecule has 2 aromatic heterocycles. The summed E-state index contributed by atoms with van der Waals surface area (Å²) >= 11 is 3.20. The van der Waals surface area contributed by atoms with Gasteiger partial charge in [-0.25, -0.2) is 0 Å². The third-order valence-corrected chi connectivity index (χ3v) is 6.28. The van der Waals surface area contributed by atoms with Gasteiger partial charge in [0.05, 0.1) is 11.5 Å². The van der Waals surface area contributed by atoms with Gasteiger partial charge in [0.2, 0.25) is 0 Å². The molecule has 1 aliphatic carbocycles. The van der Waals surface area contributed by atoms with E-state index in [9.17, 15) is 10.1 Å². The molecule has 0 saturated heterocycles. The van der Waals surface area contributed by atoms with E-state index >= 15 is 0 Å². The predicted molar refractivity (Wildman–Crippen MR) is 113 cm³/mol. The van der Waals surface area contributed by atoms with Crippen molar-refractivity contribution in [2.45, 2.75) is 18.3 Å². The summed E-state index contributed by atoms with van der Waals surface area (Å²) in [6, 6.07) is 16.4. The number of benzene rings is 1. The minimum atomic E-state index is -0.723. The monoisotopic (exact) mass is 387 g/mol. The average molecular weight is 388 g/mol. The fraction of sp³-hybridized carbons (Fsp3) is 0.130. The van der Waals surface area contributed by atoms with Gasteiger partial charge >= 0.3 is 0 Å². The topological polar surface area (TPSA) is 40.9 Å². The lowest BCUT2D eigenvalue weighted by Crippen LogP contribution is -2.33. The Balaban J connectivity index is 1.84. The van der Waals surface area contributed by atoms with Crippen LogP contribution in [0.5, 0.6) is 0 Å². The molecule has 0 aliphatic heterocycles. The van der Waals surface area contributed by atoms with Crippen molar-refractivity contribution in [1.82, 2.24) is 0 Å². The number of rotatable bonds is 3. The number of nitrogens with zero attached hydrogens (tertiary/aromatic N) is 1. The van der Waals surface area contributed by atoms with Crippen molar-refractivity contribution in [3.63, 3.8) is 0 Å². The zero-order chi connectivity index (χ0) is 18.7. The van der Waals surface area contributed by atoms with Gasteiger partial charge in [-0.2, -0.15) is 27.9 Å². The smallest absolute Gasteiger partial charge is 0.185 e. The highest BCUT2D eigenvalue weighted by Gasteiger charge is 2.41. The number of Topliss-reactive ketones (excluding diaryl/α,β-unsaturated/α-hetero) is 1. The Morgan fingerprint density at radius 2 is 1.44 bits per heavy atom. The first kappa shape index (κ1) is 17.7. The molecule has 1 aliphatic rings. The zero-order valence-corrected chi connectivity index (χ0v) is 16.2. The standard InChI is InChI=1S/C23H17NOS2/c24-16-23(21-4-2-1-3-5-21)12-19(10-17-6-8-26-14-17)22(25)20(13-23)11-18-7-9-27-15-18/h1-11,14-15H,12-13H2/b19-10-,20-11+. The van der Waals surface area contributed by atoms with E-state index in [0.29, 0.717) is 24.0 Å². The maximum atomic E-state index is 13.2. The quantitative estimate of drug-likeness (QED) is 0.509. The minimum Gasteiger partial charge on any atom is -0.289 e. The summed E-state index contributed by atoms with van der Waals surface area (Å²) in [6.07, 6.45) is 4.75. The molecule has 0 spiro atoms. The maximum absolute atomic E-state index is 13.2. The van der Waals surface area contributed by atoms with Gasteiger partial charge in [0.15, 0.2) is 5.78 Å².